The molecule has 0 saturated carbocycles. The molecule has 6 unspecified atom stereocenters. The van der Waals surface area contributed by atoms with Gasteiger partial charge in [-0.2, -0.15) is 0 Å². The van der Waals surface area contributed by atoms with E-state index in [0.717, 1.165) is 23.2 Å². The van der Waals surface area contributed by atoms with Crippen LogP contribution in [0.25, 0.3) is 11.3 Å². The first-order valence-corrected chi connectivity index (χ1v) is 17.3. The minimum absolute atomic E-state index is 0.0399. The van der Waals surface area contributed by atoms with Crippen LogP contribution in [-0.4, -0.2) is 91.1 Å². The number of carbonyl (C=O) groups is 3. The van der Waals surface area contributed by atoms with E-state index in [1.807, 2.05) is 49.4 Å². The summed E-state index contributed by atoms with van der Waals surface area (Å²) in [7, 11) is 1.37. The number of ether oxygens (including phenoxy) is 4. The van der Waals surface area contributed by atoms with Crippen molar-refractivity contribution in [3.63, 3.8) is 0 Å². The van der Waals surface area contributed by atoms with Crippen LogP contribution in [0.2, 0.25) is 0 Å². The maximum absolute atomic E-state index is 14.5. The first kappa shape index (κ1) is 40.1. The number of nitrogens with one attached hydrogen (secondary N) is 3. The molecule has 2 aliphatic heterocycles. The zero-order valence-electron chi connectivity index (χ0n) is 30.3. The molecule has 3 heterocycles. The number of pyridine rings is 1. The van der Waals surface area contributed by atoms with Gasteiger partial charge in [-0.3, -0.25) is 15.2 Å². The first-order valence-electron chi connectivity index (χ1n) is 17.3. The minimum atomic E-state index is -1.12. The largest absolute Gasteiger partial charge is 0.453 e. The predicted octanol–water partition coefficient (Wildman–Crippen LogP) is 4.59. The summed E-state index contributed by atoms with van der Waals surface area (Å²) in [4.78, 5) is 39.4. The first-order chi connectivity index (χ1) is 24.9. The normalized spacial score (nSPS) is 19.7. The Morgan fingerprint density at radius 1 is 1.08 bits per heavy atom. The highest BCUT2D eigenvalue weighted by Crippen LogP contribution is 2.33. The molecule has 2 aromatic carbocycles. The fourth-order valence-electron chi connectivity index (χ4n) is 5.62. The molecule has 14 heteroatoms. The predicted molar refractivity (Wildman–Crippen MR) is 191 cm³/mol. The molecule has 13 nitrogen and oxygen atoms in total. The molecule has 2 saturated heterocycles. The summed E-state index contributed by atoms with van der Waals surface area (Å²) in [5.41, 5.74) is 5.70. The Labute approximate surface area is 304 Å². The van der Waals surface area contributed by atoms with Gasteiger partial charge in [-0.05, 0) is 48.9 Å². The third kappa shape index (κ3) is 12.0. The summed E-state index contributed by atoms with van der Waals surface area (Å²) in [6, 6.07) is 19.0. The summed E-state index contributed by atoms with van der Waals surface area (Å²) >= 11 is 0. The van der Waals surface area contributed by atoms with Crippen molar-refractivity contribution in [2.24, 2.45) is 11.3 Å². The van der Waals surface area contributed by atoms with Gasteiger partial charge in [0, 0.05) is 36.5 Å². The summed E-state index contributed by atoms with van der Waals surface area (Å²) in [6.07, 6.45) is 0.211. The number of halogens is 1. The van der Waals surface area contributed by atoms with Crippen molar-refractivity contribution < 1.29 is 42.8 Å². The quantitative estimate of drug-likeness (QED) is 0.145. The number of methoxy groups -OCH3 is 1. The SMILES string of the molecule is COC(=O)NC(C)C(C)(C)C.O=CNC(Cc1ccc(-c2ccccn2)cc1)C(O)CN(Cc1ccccc1F)NC(=O)OC1COC2OCCC12. The van der Waals surface area contributed by atoms with E-state index in [4.69, 9.17) is 14.2 Å². The van der Waals surface area contributed by atoms with Crippen molar-refractivity contribution in [2.45, 2.75) is 77.7 Å². The van der Waals surface area contributed by atoms with Gasteiger partial charge in [0.1, 0.15) is 11.9 Å². The van der Waals surface area contributed by atoms with Crippen LogP contribution in [0.15, 0.2) is 72.9 Å². The summed E-state index contributed by atoms with van der Waals surface area (Å²) in [6.45, 7) is 8.76. The van der Waals surface area contributed by atoms with E-state index >= 15 is 0 Å². The molecular formula is C38H50FN5O8. The lowest BCUT2D eigenvalue weighted by atomic mass is 9.88. The number of amides is 3. The number of aliphatic hydroxyl groups excluding tert-OH is 1. The molecule has 2 aliphatic rings. The molecule has 5 rings (SSSR count). The van der Waals surface area contributed by atoms with Crippen molar-refractivity contribution in [1.29, 1.82) is 0 Å². The number of nitrogens with zero attached hydrogens (tertiary/aromatic N) is 2. The molecule has 3 aromatic rings. The van der Waals surface area contributed by atoms with Crippen molar-refractivity contribution >= 4 is 18.6 Å². The highest BCUT2D eigenvalue weighted by Gasteiger charge is 2.44. The number of alkyl carbamates (subject to hydrolysis) is 1. The average molecular weight is 724 g/mol. The molecule has 3 amide bonds. The van der Waals surface area contributed by atoms with Crippen LogP contribution >= 0.6 is 0 Å². The number of benzene rings is 2. The van der Waals surface area contributed by atoms with Gasteiger partial charge < -0.3 is 34.7 Å². The Morgan fingerprint density at radius 3 is 2.46 bits per heavy atom. The van der Waals surface area contributed by atoms with E-state index in [0.29, 0.717) is 25.0 Å². The maximum atomic E-state index is 14.5. The zero-order chi connectivity index (χ0) is 37.7. The van der Waals surface area contributed by atoms with Crippen LogP contribution < -0.4 is 16.1 Å². The molecule has 0 aliphatic carbocycles. The smallest absolute Gasteiger partial charge is 0.422 e. The second-order valence-electron chi connectivity index (χ2n) is 13.9. The summed E-state index contributed by atoms with van der Waals surface area (Å²) in [5, 5.41) is 17.9. The monoisotopic (exact) mass is 723 g/mol. The lowest BCUT2D eigenvalue weighted by Gasteiger charge is -2.30. The molecule has 4 N–H and O–H groups in total. The molecule has 0 spiro atoms. The summed E-state index contributed by atoms with van der Waals surface area (Å²) < 4.78 is 35.6. The maximum Gasteiger partial charge on any atom is 0.422 e. The molecule has 0 bridgehead atoms. The van der Waals surface area contributed by atoms with Crippen molar-refractivity contribution in [3.05, 3.63) is 89.9 Å². The zero-order valence-corrected chi connectivity index (χ0v) is 30.3. The number of aromatic nitrogens is 1. The van der Waals surface area contributed by atoms with Gasteiger partial charge in [0.05, 0.1) is 44.1 Å². The molecule has 0 radical (unpaired) electrons. The number of fused-ring (bicyclic) bond motifs is 1. The Kier molecular flexibility index (Phi) is 14.9. The highest BCUT2D eigenvalue weighted by atomic mass is 19.1. The highest BCUT2D eigenvalue weighted by molar-refractivity contribution is 5.67. The van der Waals surface area contributed by atoms with E-state index in [2.05, 4.69) is 46.6 Å². The molecule has 6 atom stereocenters. The van der Waals surface area contributed by atoms with Gasteiger partial charge >= 0.3 is 12.2 Å². The van der Waals surface area contributed by atoms with Gasteiger partial charge in [0.15, 0.2) is 6.29 Å². The number of hydrogen-bond acceptors (Lipinski definition) is 10. The topological polar surface area (TPSA) is 161 Å². The number of aliphatic hydroxyl groups is 1. The average Bonchev–Trinajstić information content (AvgIpc) is 3.75. The third-order valence-electron chi connectivity index (χ3n) is 9.16. The van der Waals surface area contributed by atoms with Gasteiger partial charge in [0.25, 0.3) is 0 Å². The van der Waals surface area contributed by atoms with E-state index < -0.39 is 30.2 Å². The molecule has 282 valence electrons. The molecule has 1 aromatic heterocycles. The Balaban J connectivity index is 0.000000477. The molecular weight excluding hydrogens is 673 g/mol. The summed E-state index contributed by atoms with van der Waals surface area (Å²) in [5.74, 6) is -0.496. The fraction of sp³-hybridized carbons (Fsp3) is 0.474. The van der Waals surface area contributed by atoms with Crippen molar-refractivity contribution in [1.82, 2.24) is 26.1 Å². The second-order valence-corrected chi connectivity index (χ2v) is 13.9. The van der Waals surface area contributed by atoms with Crippen LogP contribution in [0.5, 0.6) is 0 Å². The van der Waals surface area contributed by atoms with Crippen LogP contribution in [0, 0.1) is 17.2 Å². The Hall–Kier alpha value is -4.63. The Morgan fingerprint density at radius 2 is 1.81 bits per heavy atom. The van der Waals surface area contributed by atoms with Crippen LogP contribution in [0.3, 0.4) is 0 Å². The minimum Gasteiger partial charge on any atom is -0.453 e. The Bertz CT molecular complexity index is 1580. The van der Waals surface area contributed by atoms with Gasteiger partial charge in [-0.1, -0.05) is 69.3 Å². The number of carbonyl (C=O) groups excluding carboxylic acids is 3. The fourth-order valence-corrected chi connectivity index (χ4v) is 5.62. The lowest BCUT2D eigenvalue weighted by Crippen LogP contribution is -2.52. The van der Waals surface area contributed by atoms with Crippen LogP contribution in [-0.2, 0) is 36.7 Å². The molecule has 2 fully saturated rings. The molecule has 52 heavy (non-hydrogen) atoms. The van der Waals surface area contributed by atoms with E-state index in [-0.39, 0.29) is 49.5 Å². The number of rotatable bonds is 13. The van der Waals surface area contributed by atoms with Crippen molar-refractivity contribution in [2.75, 3.05) is 26.9 Å². The van der Waals surface area contributed by atoms with Gasteiger partial charge in [0.2, 0.25) is 6.41 Å². The lowest BCUT2D eigenvalue weighted by molar-refractivity contribution is -0.111. The number of hydrogen-bond donors (Lipinski definition) is 4. The van der Waals surface area contributed by atoms with Crippen LogP contribution in [0.1, 0.15) is 45.2 Å². The van der Waals surface area contributed by atoms with Crippen molar-refractivity contribution in [3.8, 4) is 11.3 Å². The second kappa shape index (κ2) is 19.3. The van der Waals surface area contributed by atoms with E-state index in [1.54, 1.807) is 24.4 Å². The number of hydrazine groups is 1. The standard InChI is InChI=1S/C30H33FN4O6.C8H17NO2/c31-24-6-2-1-5-22(24)16-35(34-30(38)41-28-18-40-29-23(28)12-14-39-29)17-27(37)26(33-19-36)15-20-8-10-21(11-9-20)25-7-3-4-13-32-25;1-6(8(2,3)4)9-7(10)11-5/h1-11,13,19,23,26-29,37H,12,14-18H2,(H,33,36)(H,34,38);6H,1-5H3,(H,9,10). The van der Waals surface area contributed by atoms with E-state index in [1.165, 1.54) is 18.2 Å². The van der Waals surface area contributed by atoms with E-state index in [9.17, 15) is 23.9 Å². The third-order valence-corrected chi connectivity index (χ3v) is 9.16. The van der Waals surface area contributed by atoms with Gasteiger partial charge in [-0.25, -0.2) is 19.0 Å². The van der Waals surface area contributed by atoms with Crippen LogP contribution in [0.4, 0.5) is 14.0 Å². The van der Waals surface area contributed by atoms with Gasteiger partial charge in [-0.15, -0.1) is 0 Å².